The molecule has 8 nitrogen and oxygen atoms in total. The Hall–Kier alpha value is -3.88. The zero-order valence-corrected chi connectivity index (χ0v) is 17.7. The minimum Gasteiger partial charge on any atom is -0.492 e. The van der Waals surface area contributed by atoms with Gasteiger partial charge in [-0.15, -0.1) is 15.3 Å². The van der Waals surface area contributed by atoms with Crippen molar-refractivity contribution in [3.8, 4) is 28.0 Å². The van der Waals surface area contributed by atoms with E-state index in [2.05, 4.69) is 25.4 Å². The highest BCUT2D eigenvalue weighted by molar-refractivity contribution is 5.91. The van der Waals surface area contributed by atoms with Gasteiger partial charge in [-0.3, -0.25) is 4.40 Å². The van der Waals surface area contributed by atoms with Gasteiger partial charge in [0.05, 0.1) is 19.6 Å². The number of hydrogen-bond acceptors (Lipinski definition) is 6. The highest BCUT2D eigenvalue weighted by Crippen LogP contribution is 2.42. The fourth-order valence-electron chi connectivity index (χ4n) is 4.20. The Kier molecular flexibility index (Phi) is 4.17. The lowest BCUT2D eigenvalue weighted by molar-refractivity contribution is 0.418. The van der Waals surface area contributed by atoms with E-state index in [-0.39, 0.29) is 5.82 Å². The summed E-state index contributed by atoms with van der Waals surface area (Å²) in [5.74, 6) is 1.51. The van der Waals surface area contributed by atoms with Crippen LogP contribution in [-0.2, 0) is 6.54 Å². The number of aryl methyl sites for hydroxylation is 1. The summed E-state index contributed by atoms with van der Waals surface area (Å²) in [6, 6.07) is 6.84. The van der Waals surface area contributed by atoms with E-state index in [1.165, 1.54) is 6.07 Å². The summed E-state index contributed by atoms with van der Waals surface area (Å²) in [5.41, 5.74) is 4.64. The van der Waals surface area contributed by atoms with Crippen LogP contribution in [0.15, 0.2) is 43.0 Å². The largest absolute Gasteiger partial charge is 0.492 e. The predicted octanol–water partition coefficient (Wildman–Crippen LogP) is 4.25. The maximum absolute atomic E-state index is 15.1. The molecule has 0 bridgehead atoms. The Morgan fingerprint density at radius 3 is 2.72 bits per heavy atom. The molecule has 0 unspecified atom stereocenters. The first-order valence-electron chi connectivity index (χ1n) is 10.6. The molecule has 0 aliphatic heterocycles. The number of methoxy groups -OCH3 is 1. The van der Waals surface area contributed by atoms with Crippen LogP contribution in [0.3, 0.4) is 0 Å². The maximum atomic E-state index is 15.1. The minimum atomic E-state index is -0.351. The van der Waals surface area contributed by atoms with Gasteiger partial charge < -0.3 is 9.30 Å². The minimum absolute atomic E-state index is 0.351. The first-order chi connectivity index (χ1) is 15.7. The number of pyridine rings is 1. The van der Waals surface area contributed by atoms with Crippen LogP contribution in [-0.4, -0.2) is 41.5 Å². The van der Waals surface area contributed by atoms with E-state index < -0.39 is 0 Å². The number of nitrogens with zero attached hydrogens (tertiary/aromatic N) is 7. The molecule has 160 valence electrons. The van der Waals surface area contributed by atoms with Gasteiger partial charge >= 0.3 is 0 Å². The summed E-state index contributed by atoms with van der Waals surface area (Å²) >= 11 is 0. The van der Waals surface area contributed by atoms with Crippen LogP contribution in [0.25, 0.3) is 39.1 Å². The number of imidazole rings is 1. The molecule has 0 saturated heterocycles. The average molecular weight is 429 g/mol. The zero-order valence-electron chi connectivity index (χ0n) is 17.7. The zero-order chi connectivity index (χ0) is 21.8. The molecule has 1 aliphatic carbocycles. The quantitative estimate of drug-likeness (QED) is 0.415. The number of ether oxygens (including phenoxy) is 1. The Morgan fingerprint density at radius 2 is 1.94 bits per heavy atom. The van der Waals surface area contributed by atoms with Crippen molar-refractivity contribution in [1.29, 1.82) is 0 Å². The number of rotatable bonds is 5. The molecule has 0 atom stereocenters. The molecule has 32 heavy (non-hydrogen) atoms. The van der Waals surface area contributed by atoms with E-state index in [1.54, 1.807) is 31.8 Å². The molecule has 1 aliphatic rings. The first kappa shape index (κ1) is 18.9. The first-order valence-corrected chi connectivity index (χ1v) is 10.6. The number of fused-ring (bicyclic) bond motifs is 2. The fourth-order valence-corrected chi connectivity index (χ4v) is 4.20. The number of hydrogen-bond donors (Lipinski definition) is 0. The lowest BCUT2D eigenvalue weighted by Crippen LogP contribution is -1.98. The van der Waals surface area contributed by atoms with Crippen LogP contribution in [0.1, 0.15) is 31.5 Å². The second kappa shape index (κ2) is 7.08. The van der Waals surface area contributed by atoms with E-state index in [9.17, 15) is 0 Å². The molecule has 4 aromatic heterocycles. The number of benzene rings is 1. The van der Waals surface area contributed by atoms with Crippen molar-refractivity contribution in [3.63, 3.8) is 0 Å². The molecular weight excluding hydrogens is 409 g/mol. The maximum Gasteiger partial charge on any atom is 0.203 e. The Balaban J connectivity index is 1.53. The van der Waals surface area contributed by atoms with E-state index in [4.69, 9.17) is 4.74 Å². The third-order valence-corrected chi connectivity index (χ3v) is 6.02. The molecule has 0 spiro atoms. The predicted molar refractivity (Wildman–Crippen MR) is 117 cm³/mol. The van der Waals surface area contributed by atoms with Gasteiger partial charge in [-0.2, -0.15) is 5.10 Å². The fraction of sp³-hybridized carbons (Fsp3) is 0.261. The normalized spacial score (nSPS) is 13.8. The Labute approximate surface area is 182 Å². The van der Waals surface area contributed by atoms with E-state index in [0.717, 1.165) is 41.9 Å². The van der Waals surface area contributed by atoms with Gasteiger partial charge in [0.15, 0.2) is 11.4 Å². The van der Waals surface area contributed by atoms with Gasteiger partial charge in [0.25, 0.3) is 0 Å². The summed E-state index contributed by atoms with van der Waals surface area (Å²) in [6.45, 7) is 2.76. The van der Waals surface area contributed by atoms with E-state index in [0.29, 0.717) is 34.1 Å². The SMILES string of the molecule is CCn1cnc2c(-c3ccc(F)c(-c4ccn5c(C6CC6)nnc5c4OC)c3)cnnc21. The third kappa shape index (κ3) is 2.77. The van der Waals surface area contributed by atoms with E-state index >= 15 is 4.39 Å². The van der Waals surface area contributed by atoms with Crippen LogP contribution in [0.4, 0.5) is 4.39 Å². The lowest BCUT2D eigenvalue weighted by atomic mass is 9.99. The molecule has 1 aromatic carbocycles. The molecule has 6 rings (SSSR count). The summed E-state index contributed by atoms with van der Waals surface area (Å²) < 4.78 is 24.6. The number of halogens is 1. The van der Waals surface area contributed by atoms with Crippen molar-refractivity contribution in [2.75, 3.05) is 7.11 Å². The summed E-state index contributed by atoms with van der Waals surface area (Å²) in [5, 5.41) is 17.0. The molecule has 1 fully saturated rings. The van der Waals surface area contributed by atoms with Gasteiger partial charge in [0.1, 0.15) is 17.2 Å². The highest BCUT2D eigenvalue weighted by atomic mass is 19.1. The summed E-state index contributed by atoms with van der Waals surface area (Å²) in [7, 11) is 1.57. The van der Waals surface area contributed by atoms with Crippen LogP contribution in [0.5, 0.6) is 5.75 Å². The van der Waals surface area contributed by atoms with Crippen LogP contribution in [0, 0.1) is 5.82 Å². The highest BCUT2D eigenvalue weighted by Gasteiger charge is 2.30. The summed E-state index contributed by atoms with van der Waals surface area (Å²) in [6.07, 6.45) is 7.52. The van der Waals surface area contributed by atoms with E-state index in [1.807, 2.05) is 28.2 Å². The molecule has 0 radical (unpaired) electrons. The molecule has 4 heterocycles. The molecule has 9 heteroatoms. The molecule has 0 amide bonds. The van der Waals surface area contributed by atoms with Crippen LogP contribution < -0.4 is 4.74 Å². The second-order valence-corrected chi connectivity index (χ2v) is 7.94. The lowest BCUT2D eigenvalue weighted by Gasteiger charge is -2.12. The monoisotopic (exact) mass is 429 g/mol. The molecular formula is C23H20FN7O. The van der Waals surface area contributed by atoms with Gasteiger partial charge in [-0.25, -0.2) is 9.37 Å². The third-order valence-electron chi connectivity index (χ3n) is 6.02. The summed E-state index contributed by atoms with van der Waals surface area (Å²) in [4.78, 5) is 4.51. The molecule has 5 aromatic rings. The van der Waals surface area contributed by atoms with Crippen molar-refractivity contribution >= 4 is 16.8 Å². The Bertz CT molecular complexity index is 1490. The van der Waals surface area contributed by atoms with Crippen LogP contribution >= 0.6 is 0 Å². The molecule has 0 N–H and O–H groups in total. The average Bonchev–Trinajstić information content (AvgIpc) is 3.43. The number of aromatic nitrogens is 7. The molecule has 1 saturated carbocycles. The van der Waals surface area contributed by atoms with Gasteiger partial charge in [0.2, 0.25) is 5.65 Å². The Morgan fingerprint density at radius 1 is 1.06 bits per heavy atom. The van der Waals surface area contributed by atoms with Gasteiger partial charge in [-0.1, -0.05) is 6.07 Å². The van der Waals surface area contributed by atoms with Crippen LogP contribution in [0.2, 0.25) is 0 Å². The van der Waals surface area contributed by atoms with Gasteiger partial charge in [0, 0.05) is 35.3 Å². The van der Waals surface area contributed by atoms with Crippen molar-refractivity contribution in [2.24, 2.45) is 0 Å². The topological polar surface area (TPSA) is 83.0 Å². The van der Waals surface area contributed by atoms with Gasteiger partial charge in [-0.05, 0) is 43.5 Å². The van der Waals surface area contributed by atoms with Crippen molar-refractivity contribution in [2.45, 2.75) is 32.2 Å². The standard InChI is InChI=1S/C23H20FN7O/c1-3-30-12-25-19-17(11-26-27-22(19)30)14-6-7-18(24)16(10-14)15-8-9-31-21(13-4-5-13)28-29-23(31)20(15)32-2/h6-13H,3-5H2,1-2H3. The van der Waals surface area contributed by atoms with Crippen molar-refractivity contribution in [1.82, 2.24) is 34.3 Å². The second-order valence-electron chi connectivity index (χ2n) is 7.94. The van der Waals surface area contributed by atoms with Crippen molar-refractivity contribution < 1.29 is 9.13 Å². The van der Waals surface area contributed by atoms with Crippen molar-refractivity contribution in [3.05, 3.63) is 54.6 Å². The smallest absolute Gasteiger partial charge is 0.203 e.